The number of nitrogens with zero attached hydrogens (tertiary/aromatic N) is 2. The maximum absolute atomic E-state index is 14.9. The van der Waals surface area contributed by atoms with Crippen molar-refractivity contribution < 1.29 is 19.5 Å². The summed E-state index contributed by atoms with van der Waals surface area (Å²) in [4.78, 5) is 45.1. The van der Waals surface area contributed by atoms with Crippen molar-refractivity contribution >= 4 is 40.2 Å². The lowest BCUT2D eigenvalue weighted by Crippen LogP contribution is -2.47. The van der Waals surface area contributed by atoms with E-state index in [0.717, 1.165) is 73.5 Å². The van der Waals surface area contributed by atoms with Crippen LogP contribution in [0.25, 0.3) is 5.57 Å². The molecule has 1 aliphatic carbocycles. The number of nitrogens with one attached hydrogen (secondary N) is 2. The van der Waals surface area contributed by atoms with Crippen molar-refractivity contribution in [2.75, 3.05) is 15.5 Å². The van der Waals surface area contributed by atoms with Gasteiger partial charge in [-0.3, -0.25) is 14.4 Å². The van der Waals surface area contributed by atoms with Crippen molar-refractivity contribution in [2.45, 2.75) is 195 Å². The number of aliphatic hydroxyl groups excluding tert-OH is 1. The van der Waals surface area contributed by atoms with Crippen molar-refractivity contribution in [3.05, 3.63) is 51.5 Å². The normalized spacial score (nSPS) is 24.3. The first-order chi connectivity index (χ1) is 26.3. The number of fused-ring (bicyclic) bond motifs is 2. The van der Waals surface area contributed by atoms with Crippen LogP contribution in [0.3, 0.4) is 0 Å². The predicted octanol–water partition coefficient (Wildman–Crippen LogP) is 8.35. The number of benzene rings is 2. The van der Waals surface area contributed by atoms with Crippen LogP contribution in [0.2, 0.25) is 0 Å². The van der Waals surface area contributed by atoms with Gasteiger partial charge in [-0.05, 0) is 104 Å². The van der Waals surface area contributed by atoms with Crippen LogP contribution in [0.5, 0.6) is 0 Å². The third kappa shape index (κ3) is 7.49. The number of hydrogen-bond acceptors (Lipinski definition) is 5. The van der Waals surface area contributed by atoms with Crippen LogP contribution >= 0.6 is 0 Å². The van der Waals surface area contributed by atoms with E-state index < -0.39 is 12.0 Å². The molecular formula is C48H73N4O4+. The Balaban J connectivity index is 1.71. The predicted molar refractivity (Wildman–Crippen MR) is 232 cm³/mol. The molecule has 56 heavy (non-hydrogen) atoms. The van der Waals surface area contributed by atoms with E-state index in [2.05, 4.69) is 135 Å². The van der Waals surface area contributed by atoms with Crippen molar-refractivity contribution in [1.82, 2.24) is 4.58 Å². The van der Waals surface area contributed by atoms with Crippen molar-refractivity contribution in [3.63, 3.8) is 0 Å². The third-order valence-corrected chi connectivity index (χ3v) is 14.1. The first-order valence-electron chi connectivity index (χ1n) is 21.9. The molecule has 3 aliphatic rings. The highest BCUT2D eigenvalue weighted by Gasteiger charge is 2.51. The molecule has 6 atom stereocenters. The van der Waals surface area contributed by atoms with Gasteiger partial charge in [0.2, 0.25) is 17.2 Å². The zero-order valence-electron chi connectivity index (χ0n) is 37.2. The highest BCUT2D eigenvalue weighted by atomic mass is 16.3. The van der Waals surface area contributed by atoms with Crippen LogP contribution in [-0.2, 0) is 25.2 Å². The molecule has 8 nitrogen and oxygen atoms in total. The van der Waals surface area contributed by atoms with E-state index in [0.29, 0.717) is 27.7 Å². The Morgan fingerprint density at radius 1 is 0.804 bits per heavy atom. The molecule has 5 rings (SSSR count). The van der Waals surface area contributed by atoms with E-state index in [4.69, 9.17) is 0 Å². The Labute approximate surface area is 337 Å². The molecule has 2 heterocycles. The SMILES string of the molecule is CCCCC(CC)C(=O)Nc1cc2c(cc1C1C(=O)/C(=c3\cc4c(cc3NC(=O)C(CC)CCCC)=[N+](C(C)C)C(C)C4(C)C)C1O)C(C)(C)C(C)N2C(C)C. The van der Waals surface area contributed by atoms with Crippen LogP contribution in [-0.4, -0.2) is 53.0 Å². The summed E-state index contributed by atoms with van der Waals surface area (Å²) in [6.45, 7) is 30.5. The van der Waals surface area contributed by atoms with Crippen molar-refractivity contribution in [1.29, 1.82) is 0 Å². The molecule has 1 fully saturated rings. The van der Waals surface area contributed by atoms with Gasteiger partial charge in [0.05, 0.1) is 23.1 Å². The average molecular weight is 770 g/mol. The second-order valence-corrected chi connectivity index (χ2v) is 18.8. The van der Waals surface area contributed by atoms with Gasteiger partial charge < -0.3 is 20.6 Å². The standard InChI is InChI=1S/C48H72N4O4/c1-15-19-21-31(17-3)45(55)49-37-25-39-35(47(11,12)29(9)51(39)27(5)6)23-33(37)41-43(53)42(44(41)54)34-24-36-40(52(28(7)8)30(10)48(36,13)14)26-38(34)50-46(56)32(18-4)22-20-16-2/h23-32,41,43,53H,15-22H2,1-14H3,(H,49,55)/p+1/b42-34+. The minimum Gasteiger partial charge on any atom is -0.387 e. The zero-order valence-corrected chi connectivity index (χ0v) is 37.2. The molecule has 2 aromatic carbocycles. The van der Waals surface area contributed by atoms with Crippen molar-refractivity contribution in [3.8, 4) is 0 Å². The first kappa shape index (κ1) is 43.6. The Morgan fingerprint density at radius 3 is 1.84 bits per heavy atom. The number of amides is 2. The summed E-state index contributed by atoms with van der Waals surface area (Å²) in [5.41, 5.74) is 4.97. The summed E-state index contributed by atoms with van der Waals surface area (Å²) in [5.74, 6) is -1.42. The molecule has 6 unspecified atom stereocenters. The fourth-order valence-corrected chi connectivity index (χ4v) is 9.90. The first-order valence-corrected chi connectivity index (χ1v) is 21.9. The minimum atomic E-state index is -1.12. The number of Topliss-reactive ketones (excluding diaryl/α,β-unsaturated/α-hetero) is 1. The van der Waals surface area contributed by atoms with Crippen LogP contribution in [0.1, 0.15) is 171 Å². The lowest BCUT2D eigenvalue weighted by atomic mass is 9.68. The number of unbranched alkanes of at least 4 members (excludes halogenated alkanes) is 2. The molecule has 0 bridgehead atoms. The van der Waals surface area contributed by atoms with E-state index in [1.165, 1.54) is 0 Å². The summed E-state index contributed by atoms with van der Waals surface area (Å²) in [6.07, 6.45) is 5.89. The Morgan fingerprint density at radius 2 is 1.36 bits per heavy atom. The van der Waals surface area contributed by atoms with Gasteiger partial charge in [0, 0.05) is 63.1 Å². The molecule has 1 saturated carbocycles. The fourth-order valence-electron chi connectivity index (χ4n) is 9.90. The third-order valence-electron chi connectivity index (χ3n) is 14.1. The van der Waals surface area contributed by atoms with E-state index in [9.17, 15) is 19.5 Å². The lowest BCUT2D eigenvalue weighted by Gasteiger charge is -2.37. The van der Waals surface area contributed by atoms with E-state index in [1.54, 1.807) is 0 Å². The summed E-state index contributed by atoms with van der Waals surface area (Å²) in [5, 5.41) is 20.6. The summed E-state index contributed by atoms with van der Waals surface area (Å²) < 4.78 is 2.41. The Hall–Kier alpha value is -3.52. The maximum Gasteiger partial charge on any atom is 0.227 e. The molecular weight excluding hydrogens is 697 g/mol. The second kappa shape index (κ2) is 16.8. The quantitative estimate of drug-likeness (QED) is 0.158. The Kier molecular flexibility index (Phi) is 13.0. The molecule has 2 amide bonds. The van der Waals surface area contributed by atoms with Gasteiger partial charge in [-0.2, -0.15) is 0 Å². The molecule has 8 heteroatoms. The van der Waals surface area contributed by atoms with E-state index >= 15 is 0 Å². The number of anilines is 3. The summed E-state index contributed by atoms with van der Waals surface area (Å²) in [7, 11) is 0. The van der Waals surface area contributed by atoms with Crippen LogP contribution in [0.4, 0.5) is 17.1 Å². The molecule has 2 aliphatic heterocycles. The number of carbonyl (C=O) groups is 3. The fraction of sp³-hybridized carbons (Fsp3) is 0.667. The molecule has 3 N–H and O–H groups in total. The van der Waals surface area contributed by atoms with Gasteiger partial charge in [-0.25, -0.2) is 4.58 Å². The molecule has 2 aromatic rings. The van der Waals surface area contributed by atoms with Crippen LogP contribution in [0.15, 0.2) is 24.3 Å². The number of carbonyl (C=O) groups excluding carboxylic acids is 3. The highest BCUT2D eigenvalue weighted by molar-refractivity contribution is 6.28. The minimum absolute atomic E-state index is 0.0442. The number of rotatable bonds is 15. The summed E-state index contributed by atoms with van der Waals surface area (Å²) in [6, 6.07) is 9.09. The monoisotopic (exact) mass is 770 g/mol. The molecule has 308 valence electrons. The second-order valence-electron chi connectivity index (χ2n) is 18.8. The van der Waals surface area contributed by atoms with E-state index in [1.807, 2.05) is 6.07 Å². The van der Waals surface area contributed by atoms with Gasteiger partial charge in [-0.15, -0.1) is 0 Å². The molecule has 0 saturated heterocycles. The number of hydrogen-bond donors (Lipinski definition) is 3. The maximum atomic E-state index is 14.9. The topological polar surface area (TPSA) is 102 Å². The van der Waals surface area contributed by atoms with Crippen LogP contribution in [0, 0.1) is 11.8 Å². The van der Waals surface area contributed by atoms with Gasteiger partial charge in [-0.1, -0.05) is 73.3 Å². The van der Waals surface area contributed by atoms with Gasteiger partial charge in [0.1, 0.15) is 6.04 Å². The largest absolute Gasteiger partial charge is 0.387 e. The zero-order chi connectivity index (χ0) is 41.6. The Bertz CT molecular complexity index is 1960. The molecule has 0 spiro atoms. The van der Waals surface area contributed by atoms with Crippen LogP contribution < -0.4 is 30.7 Å². The van der Waals surface area contributed by atoms with E-state index in [-0.39, 0.29) is 64.4 Å². The lowest BCUT2D eigenvalue weighted by molar-refractivity contribution is -0.122. The van der Waals surface area contributed by atoms with Crippen molar-refractivity contribution in [2.24, 2.45) is 11.8 Å². The summed E-state index contributed by atoms with van der Waals surface area (Å²) >= 11 is 0. The number of aliphatic hydroxyl groups is 1. The average Bonchev–Trinajstić information content (AvgIpc) is 3.45. The molecule has 0 radical (unpaired) electrons. The highest BCUT2D eigenvalue weighted by Crippen LogP contribution is 2.51. The van der Waals surface area contributed by atoms with Gasteiger partial charge in [0.25, 0.3) is 0 Å². The molecule has 0 aromatic heterocycles. The number of ketones is 1. The smallest absolute Gasteiger partial charge is 0.227 e. The van der Waals surface area contributed by atoms with Gasteiger partial charge >= 0.3 is 0 Å². The van der Waals surface area contributed by atoms with Gasteiger partial charge in [0.15, 0.2) is 11.8 Å².